The minimum atomic E-state index is -0.401. The summed E-state index contributed by atoms with van der Waals surface area (Å²) in [5.74, 6) is -0.0909. The van der Waals surface area contributed by atoms with Crippen LogP contribution in [0.5, 0.6) is 5.75 Å². The van der Waals surface area contributed by atoms with E-state index >= 15 is 0 Å². The number of carbonyl (C=O) groups excluding carboxylic acids is 1. The second kappa shape index (κ2) is 8.87. The molecule has 3 rings (SSSR count). The Hall–Kier alpha value is -3.19. The molecule has 6 nitrogen and oxygen atoms in total. The number of carbonyl (C=O) groups is 1. The van der Waals surface area contributed by atoms with Crippen LogP contribution in [0.2, 0.25) is 5.15 Å². The van der Waals surface area contributed by atoms with E-state index in [1.807, 2.05) is 32.0 Å². The van der Waals surface area contributed by atoms with Crippen LogP contribution in [0.3, 0.4) is 0 Å². The molecule has 0 fully saturated rings. The third-order valence-electron chi connectivity index (χ3n) is 4.20. The Kier molecular flexibility index (Phi) is 6.29. The molecule has 2 aromatic carbocycles. The van der Waals surface area contributed by atoms with Gasteiger partial charge in [0.05, 0.1) is 23.2 Å². The second-order valence-corrected chi connectivity index (χ2v) is 6.89. The molecule has 1 aromatic heterocycles. The lowest BCUT2D eigenvalue weighted by molar-refractivity contribution is -0.123. The number of aromatic nitrogens is 2. The number of halogens is 2. The Balaban J connectivity index is 1.63. The smallest absolute Gasteiger partial charge is 0.277 e. The van der Waals surface area contributed by atoms with Gasteiger partial charge in [-0.15, -0.1) is 0 Å². The van der Waals surface area contributed by atoms with Gasteiger partial charge in [-0.3, -0.25) is 4.79 Å². The van der Waals surface area contributed by atoms with Crippen molar-refractivity contribution in [2.45, 2.75) is 20.8 Å². The van der Waals surface area contributed by atoms with E-state index in [2.05, 4.69) is 15.6 Å². The SMILES string of the molecule is Cc1ccc(C)c(OCC(=O)N/N=C/c2c(C)nn(-c3ccc(F)cc3)c2Cl)c1. The van der Waals surface area contributed by atoms with Crippen molar-refractivity contribution in [1.82, 2.24) is 15.2 Å². The molecule has 3 aromatic rings. The zero-order valence-corrected chi connectivity index (χ0v) is 17.0. The van der Waals surface area contributed by atoms with Gasteiger partial charge in [0.1, 0.15) is 16.7 Å². The molecular weight excluding hydrogens is 395 g/mol. The molecular formula is C21H20ClFN4O2. The Morgan fingerprint density at radius 2 is 1.97 bits per heavy atom. The molecule has 0 saturated heterocycles. The van der Waals surface area contributed by atoms with Gasteiger partial charge in [0.15, 0.2) is 6.61 Å². The number of nitrogens with zero attached hydrogens (tertiary/aromatic N) is 3. The lowest BCUT2D eigenvalue weighted by atomic mass is 10.1. The first-order valence-electron chi connectivity index (χ1n) is 8.88. The standard InChI is InChI=1S/C21H20ClFN4O2/c1-13-4-5-14(2)19(10-13)29-12-20(28)25-24-11-18-15(3)26-27(21(18)22)17-8-6-16(23)7-9-17/h4-11H,12H2,1-3H3,(H,25,28)/b24-11+. The number of hydrogen-bond donors (Lipinski definition) is 1. The van der Waals surface area contributed by atoms with Gasteiger partial charge in [0.2, 0.25) is 0 Å². The van der Waals surface area contributed by atoms with Crippen molar-refractivity contribution >= 4 is 23.7 Å². The van der Waals surface area contributed by atoms with Crippen molar-refractivity contribution in [3.63, 3.8) is 0 Å². The number of aryl methyl sites for hydroxylation is 3. The van der Waals surface area contributed by atoms with Crippen LogP contribution in [0.4, 0.5) is 4.39 Å². The topological polar surface area (TPSA) is 68.5 Å². The average molecular weight is 415 g/mol. The molecule has 8 heteroatoms. The van der Waals surface area contributed by atoms with E-state index in [1.54, 1.807) is 19.1 Å². The summed E-state index contributed by atoms with van der Waals surface area (Å²) in [6, 6.07) is 11.6. The summed E-state index contributed by atoms with van der Waals surface area (Å²) in [7, 11) is 0. The summed E-state index contributed by atoms with van der Waals surface area (Å²) < 4.78 is 20.1. The fraction of sp³-hybridized carbons (Fsp3) is 0.190. The lowest BCUT2D eigenvalue weighted by Gasteiger charge is -2.08. The minimum absolute atomic E-state index is 0.164. The van der Waals surface area contributed by atoms with Crippen LogP contribution in [-0.2, 0) is 4.79 Å². The first kappa shape index (κ1) is 20.5. The number of benzene rings is 2. The Morgan fingerprint density at radius 3 is 2.69 bits per heavy atom. The highest BCUT2D eigenvalue weighted by atomic mass is 35.5. The van der Waals surface area contributed by atoms with Gasteiger partial charge in [0.25, 0.3) is 5.91 Å². The maximum absolute atomic E-state index is 13.1. The van der Waals surface area contributed by atoms with E-state index in [0.717, 1.165) is 11.1 Å². The molecule has 0 bridgehead atoms. The van der Waals surface area contributed by atoms with E-state index in [1.165, 1.54) is 23.0 Å². The van der Waals surface area contributed by atoms with Crippen LogP contribution in [0.1, 0.15) is 22.4 Å². The van der Waals surface area contributed by atoms with Crippen LogP contribution >= 0.6 is 11.6 Å². The van der Waals surface area contributed by atoms with Crippen LogP contribution in [0.25, 0.3) is 5.69 Å². The molecule has 0 radical (unpaired) electrons. The van der Waals surface area contributed by atoms with Gasteiger partial charge in [-0.05, 0) is 62.2 Å². The van der Waals surface area contributed by atoms with Crippen molar-refractivity contribution in [1.29, 1.82) is 0 Å². The summed E-state index contributed by atoms with van der Waals surface area (Å²) in [5.41, 5.74) is 6.18. The molecule has 0 aliphatic heterocycles. The highest BCUT2D eigenvalue weighted by molar-refractivity contribution is 6.32. The molecule has 0 atom stereocenters. The van der Waals surface area contributed by atoms with Crippen molar-refractivity contribution in [3.8, 4) is 11.4 Å². The van der Waals surface area contributed by atoms with E-state index < -0.39 is 5.91 Å². The summed E-state index contributed by atoms with van der Waals surface area (Å²) in [6.07, 6.45) is 1.42. The van der Waals surface area contributed by atoms with E-state index in [4.69, 9.17) is 16.3 Å². The molecule has 1 N–H and O–H groups in total. The van der Waals surface area contributed by atoms with Crippen LogP contribution < -0.4 is 10.2 Å². The number of hydrogen-bond acceptors (Lipinski definition) is 4. The van der Waals surface area contributed by atoms with E-state index in [0.29, 0.717) is 27.8 Å². The number of ether oxygens (including phenoxy) is 1. The number of nitrogens with one attached hydrogen (secondary N) is 1. The van der Waals surface area contributed by atoms with Gasteiger partial charge in [-0.1, -0.05) is 23.7 Å². The third kappa shape index (κ3) is 5.00. The molecule has 29 heavy (non-hydrogen) atoms. The van der Waals surface area contributed by atoms with Gasteiger partial charge in [0, 0.05) is 0 Å². The monoisotopic (exact) mass is 414 g/mol. The summed E-state index contributed by atoms with van der Waals surface area (Å²) in [4.78, 5) is 12.0. The Morgan fingerprint density at radius 1 is 1.24 bits per heavy atom. The first-order valence-corrected chi connectivity index (χ1v) is 9.26. The Bertz CT molecular complexity index is 1060. The van der Waals surface area contributed by atoms with Crippen molar-refractivity contribution in [2.75, 3.05) is 6.61 Å². The molecule has 1 heterocycles. The molecule has 0 saturated carbocycles. The maximum atomic E-state index is 13.1. The predicted octanol–water partition coefficient (Wildman–Crippen LogP) is 4.12. The average Bonchev–Trinajstić information content (AvgIpc) is 2.97. The molecule has 0 aliphatic carbocycles. The van der Waals surface area contributed by atoms with Crippen LogP contribution in [0.15, 0.2) is 47.6 Å². The summed E-state index contributed by atoms with van der Waals surface area (Å²) >= 11 is 6.37. The number of rotatable bonds is 6. The number of amides is 1. The maximum Gasteiger partial charge on any atom is 0.277 e. The molecule has 0 spiro atoms. The summed E-state index contributed by atoms with van der Waals surface area (Å²) in [5, 5.41) is 8.57. The third-order valence-corrected chi connectivity index (χ3v) is 4.57. The first-order chi connectivity index (χ1) is 13.8. The molecule has 0 unspecified atom stereocenters. The van der Waals surface area contributed by atoms with Gasteiger partial charge < -0.3 is 4.74 Å². The van der Waals surface area contributed by atoms with Crippen molar-refractivity contribution < 1.29 is 13.9 Å². The fourth-order valence-electron chi connectivity index (χ4n) is 2.62. The van der Waals surface area contributed by atoms with Gasteiger partial charge in [-0.25, -0.2) is 14.5 Å². The van der Waals surface area contributed by atoms with Crippen molar-refractivity contribution in [3.05, 3.63) is 75.8 Å². The van der Waals surface area contributed by atoms with E-state index in [9.17, 15) is 9.18 Å². The highest BCUT2D eigenvalue weighted by Gasteiger charge is 2.13. The molecule has 150 valence electrons. The highest BCUT2D eigenvalue weighted by Crippen LogP contribution is 2.22. The molecule has 0 aliphatic rings. The zero-order chi connectivity index (χ0) is 21.0. The predicted molar refractivity (Wildman–Crippen MR) is 110 cm³/mol. The quantitative estimate of drug-likeness (QED) is 0.487. The van der Waals surface area contributed by atoms with Gasteiger partial charge in [-0.2, -0.15) is 10.2 Å². The van der Waals surface area contributed by atoms with Crippen LogP contribution in [0, 0.1) is 26.6 Å². The lowest BCUT2D eigenvalue weighted by Crippen LogP contribution is -2.24. The van der Waals surface area contributed by atoms with Crippen LogP contribution in [-0.4, -0.2) is 28.5 Å². The van der Waals surface area contributed by atoms with E-state index in [-0.39, 0.29) is 12.4 Å². The largest absolute Gasteiger partial charge is 0.483 e. The molecule has 1 amide bonds. The van der Waals surface area contributed by atoms with Crippen molar-refractivity contribution in [2.24, 2.45) is 5.10 Å². The minimum Gasteiger partial charge on any atom is -0.483 e. The van der Waals surface area contributed by atoms with Gasteiger partial charge >= 0.3 is 0 Å². The second-order valence-electron chi connectivity index (χ2n) is 6.53. The number of hydrazone groups is 1. The summed E-state index contributed by atoms with van der Waals surface area (Å²) in [6.45, 7) is 5.46. The fourth-order valence-corrected chi connectivity index (χ4v) is 2.94. The zero-order valence-electron chi connectivity index (χ0n) is 16.2. The Labute approximate surface area is 173 Å². The normalized spacial score (nSPS) is 11.1.